The van der Waals surface area contributed by atoms with Gasteiger partial charge in [0.2, 0.25) is 5.91 Å². The lowest BCUT2D eigenvalue weighted by molar-refractivity contribution is -0.121. The molecule has 116 valence electrons. The van der Waals surface area contributed by atoms with Crippen LogP contribution < -0.4 is 10.6 Å². The number of amides is 2. The molecule has 2 N–H and O–H groups in total. The van der Waals surface area contributed by atoms with Gasteiger partial charge >= 0.3 is 0 Å². The van der Waals surface area contributed by atoms with Gasteiger partial charge in [0.25, 0.3) is 5.91 Å². The second-order valence-corrected chi connectivity index (χ2v) is 6.21. The second-order valence-electron chi connectivity index (χ2n) is 4.83. The molecule has 1 aromatic carbocycles. The van der Waals surface area contributed by atoms with Crippen molar-refractivity contribution in [2.75, 3.05) is 6.54 Å². The molecule has 0 fully saturated rings. The summed E-state index contributed by atoms with van der Waals surface area (Å²) in [5.41, 5.74) is 0.948. The summed E-state index contributed by atoms with van der Waals surface area (Å²) in [5.74, 6) is -0.260. The molecule has 2 amide bonds. The molecule has 0 radical (unpaired) electrons. The van der Waals surface area contributed by atoms with Crippen molar-refractivity contribution in [2.45, 2.75) is 19.4 Å². The van der Waals surface area contributed by atoms with Gasteiger partial charge in [-0.1, -0.05) is 29.8 Å². The monoisotopic (exact) mass is 336 g/mol. The molecule has 1 heterocycles. The summed E-state index contributed by atoms with van der Waals surface area (Å²) >= 11 is 7.31. The average Bonchev–Trinajstić information content (AvgIpc) is 3.01. The number of carbonyl (C=O) groups is 2. The third-order valence-corrected chi connectivity index (χ3v) is 4.21. The number of thiophene rings is 1. The van der Waals surface area contributed by atoms with Crippen molar-refractivity contribution in [1.82, 2.24) is 10.6 Å². The Balaban J connectivity index is 1.75. The lowest BCUT2D eigenvalue weighted by Crippen LogP contribution is -2.31. The Morgan fingerprint density at radius 1 is 1.27 bits per heavy atom. The molecule has 2 rings (SSSR count). The first-order valence-electron chi connectivity index (χ1n) is 6.93. The van der Waals surface area contributed by atoms with Gasteiger partial charge in [-0.2, -0.15) is 0 Å². The summed E-state index contributed by atoms with van der Waals surface area (Å²) in [6.45, 7) is 2.21. The van der Waals surface area contributed by atoms with Gasteiger partial charge in [-0.25, -0.2) is 0 Å². The van der Waals surface area contributed by atoms with Gasteiger partial charge in [0, 0.05) is 18.0 Å². The Morgan fingerprint density at radius 2 is 2.09 bits per heavy atom. The molecule has 0 aliphatic rings. The van der Waals surface area contributed by atoms with Crippen LogP contribution in [0.15, 0.2) is 41.8 Å². The van der Waals surface area contributed by atoms with Crippen LogP contribution in [0.4, 0.5) is 0 Å². The van der Waals surface area contributed by atoms with Gasteiger partial charge in [0.05, 0.1) is 10.9 Å². The van der Waals surface area contributed by atoms with Gasteiger partial charge in [-0.15, -0.1) is 11.3 Å². The maximum atomic E-state index is 11.9. The van der Waals surface area contributed by atoms with E-state index in [-0.39, 0.29) is 24.3 Å². The van der Waals surface area contributed by atoms with Crippen molar-refractivity contribution < 1.29 is 9.59 Å². The van der Waals surface area contributed by atoms with Crippen LogP contribution in [0.5, 0.6) is 0 Å². The van der Waals surface area contributed by atoms with E-state index < -0.39 is 0 Å². The average molecular weight is 337 g/mol. The normalized spacial score (nSPS) is 11.7. The number of hydrogen-bond donors (Lipinski definition) is 2. The Bertz CT molecular complexity index is 643. The summed E-state index contributed by atoms with van der Waals surface area (Å²) in [7, 11) is 0. The Kier molecular flexibility index (Phi) is 5.98. The van der Waals surface area contributed by atoms with E-state index in [9.17, 15) is 9.59 Å². The Hall–Kier alpha value is -1.85. The second kappa shape index (κ2) is 7.96. The molecule has 6 heteroatoms. The van der Waals surface area contributed by atoms with Crippen LogP contribution in [0.3, 0.4) is 0 Å². The zero-order valence-electron chi connectivity index (χ0n) is 12.1. The standard InChI is InChI=1S/C16H17ClN2O2S/c1-11(12-4-2-5-13(17)10-12)19-15(20)7-8-18-16(21)14-6-3-9-22-14/h2-6,9-11H,7-8H2,1H3,(H,18,21)(H,19,20). The molecule has 0 saturated heterocycles. The number of rotatable bonds is 6. The van der Waals surface area contributed by atoms with Gasteiger partial charge in [0.1, 0.15) is 0 Å². The quantitative estimate of drug-likeness (QED) is 0.849. The minimum Gasteiger partial charge on any atom is -0.351 e. The van der Waals surface area contributed by atoms with E-state index in [1.54, 1.807) is 12.1 Å². The smallest absolute Gasteiger partial charge is 0.261 e. The summed E-state index contributed by atoms with van der Waals surface area (Å²) < 4.78 is 0. The van der Waals surface area contributed by atoms with Crippen molar-refractivity contribution >= 4 is 34.8 Å². The Labute approximate surface area is 138 Å². The molecular weight excluding hydrogens is 320 g/mol. The Morgan fingerprint density at radius 3 is 2.77 bits per heavy atom. The number of carbonyl (C=O) groups excluding carboxylic acids is 2. The molecule has 1 atom stereocenters. The molecule has 0 aliphatic heterocycles. The van der Waals surface area contributed by atoms with Crippen molar-refractivity contribution in [3.8, 4) is 0 Å². The molecule has 0 aliphatic carbocycles. The predicted octanol–water partition coefficient (Wildman–Crippen LogP) is 3.40. The van der Waals surface area contributed by atoms with Crippen molar-refractivity contribution in [3.05, 3.63) is 57.2 Å². The SMILES string of the molecule is CC(NC(=O)CCNC(=O)c1cccs1)c1cccc(Cl)c1. The summed E-state index contributed by atoms with van der Waals surface area (Å²) in [4.78, 5) is 24.3. The largest absolute Gasteiger partial charge is 0.351 e. The third-order valence-electron chi connectivity index (χ3n) is 3.11. The fourth-order valence-corrected chi connectivity index (χ4v) is 2.80. The zero-order chi connectivity index (χ0) is 15.9. The van der Waals surface area contributed by atoms with Crippen molar-refractivity contribution in [1.29, 1.82) is 0 Å². The molecule has 0 spiro atoms. The first kappa shape index (κ1) is 16.5. The van der Waals surface area contributed by atoms with E-state index in [4.69, 9.17) is 11.6 Å². The van der Waals surface area contributed by atoms with E-state index >= 15 is 0 Å². The van der Waals surface area contributed by atoms with E-state index in [2.05, 4.69) is 10.6 Å². The van der Waals surface area contributed by atoms with Crippen molar-refractivity contribution in [2.24, 2.45) is 0 Å². The molecule has 1 unspecified atom stereocenters. The van der Waals surface area contributed by atoms with Crippen LogP contribution in [0.25, 0.3) is 0 Å². The molecule has 22 heavy (non-hydrogen) atoms. The van der Waals surface area contributed by atoms with Gasteiger partial charge < -0.3 is 10.6 Å². The molecule has 2 aromatic rings. The first-order chi connectivity index (χ1) is 10.6. The van der Waals surface area contributed by atoms with Crippen LogP contribution in [-0.2, 0) is 4.79 Å². The topological polar surface area (TPSA) is 58.2 Å². The van der Waals surface area contributed by atoms with Crippen LogP contribution in [0.1, 0.15) is 34.6 Å². The van der Waals surface area contributed by atoms with Gasteiger partial charge in [-0.05, 0) is 36.1 Å². The highest BCUT2D eigenvalue weighted by Crippen LogP contribution is 2.17. The molecule has 0 saturated carbocycles. The highest BCUT2D eigenvalue weighted by atomic mass is 35.5. The number of hydrogen-bond acceptors (Lipinski definition) is 3. The molecule has 1 aromatic heterocycles. The molecule has 0 bridgehead atoms. The summed E-state index contributed by atoms with van der Waals surface area (Å²) in [6.07, 6.45) is 0.238. The molecular formula is C16H17ClN2O2S. The molecule has 4 nitrogen and oxygen atoms in total. The summed E-state index contributed by atoms with van der Waals surface area (Å²) in [5, 5.41) is 8.10. The predicted molar refractivity (Wildman–Crippen MR) is 89.3 cm³/mol. The minimum atomic E-state index is -0.148. The van der Waals surface area contributed by atoms with E-state index in [0.717, 1.165) is 5.56 Å². The maximum absolute atomic E-state index is 11.9. The maximum Gasteiger partial charge on any atom is 0.261 e. The van der Waals surface area contributed by atoms with Crippen molar-refractivity contribution in [3.63, 3.8) is 0 Å². The number of benzene rings is 1. The van der Waals surface area contributed by atoms with E-state index in [1.165, 1.54) is 11.3 Å². The minimum absolute atomic E-state index is 0.112. The number of nitrogens with one attached hydrogen (secondary N) is 2. The fourth-order valence-electron chi connectivity index (χ4n) is 1.96. The zero-order valence-corrected chi connectivity index (χ0v) is 13.7. The van der Waals surface area contributed by atoms with E-state index in [0.29, 0.717) is 16.4 Å². The first-order valence-corrected chi connectivity index (χ1v) is 8.18. The van der Waals surface area contributed by atoms with Crippen LogP contribution in [-0.4, -0.2) is 18.4 Å². The van der Waals surface area contributed by atoms with E-state index in [1.807, 2.05) is 36.6 Å². The van der Waals surface area contributed by atoms with Crippen LogP contribution >= 0.6 is 22.9 Å². The number of halogens is 1. The van der Waals surface area contributed by atoms with Crippen LogP contribution in [0.2, 0.25) is 5.02 Å². The lowest BCUT2D eigenvalue weighted by atomic mass is 10.1. The highest BCUT2D eigenvalue weighted by Gasteiger charge is 2.11. The summed E-state index contributed by atoms with van der Waals surface area (Å²) in [6, 6.07) is 10.8. The third kappa shape index (κ3) is 4.86. The fraction of sp³-hybridized carbons (Fsp3) is 0.250. The van der Waals surface area contributed by atoms with Gasteiger partial charge in [-0.3, -0.25) is 9.59 Å². The highest BCUT2D eigenvalue weighted by molar-refractivity contribution is 7.12. The van der Waals surface area contributed by atoms with Gasteiger partial charge in [0.15, 0.2) is 0 Å². The van der Waals surface area contributed by atoms with Crippen LogP contribution in [0, 0.1) is 0 Å². The lowest BCUT2D eigenvalue weighted by Gasteiger charge is -2.14.